The number of amides is 2. The van der Waals surface area contributed by atoms with Crippen molar-refractivity contribution in [2.45, 2.75) is 15.8 Å². The zero-order valence-corrected chi connectivity index (χ0v) is 16.8. The Hall–Kier alpha value is -2.68. The second-order valence-electron chi connectivity index (χ2n) is 5.74. The lowest BCUT2D eigenvalue weighted by Crippen LogP contribution is -2.28. The van der Waals surface area contributed by atoms with Crippen molar-refractivity contribution in [2.75, 3.05) is 5.32 Å². The molecule has 0 radical (unpaired) electrons. The number of pyridine rings is 1. The lowest BCUT2D eigenvalue weighted by atomic mass is 10.2. The molecule has 4 aromatic rings. The number of anilines is 1. The van der Waals surface area contributed by atoms with Crippen molar-refractivity contribution in [2.24, 2.45) is 0 Å². The van der Waals surface area contributed by atoms with Gasteiger partial charge in [-0.15, -0.1) is 10.2 Å². The van der Waals surface area contributed by atoms with E-state index in [1.54, 1.807) is 6.20 Å². The van der Waals surface area contributed by atoms with Crippen molar-refractivity contribution in [3.05, 3.63) is 71.4 Å². The van der Waals surface area contributed by atoms with Gasteiger partial charge >= 0.3 is 6.03 Å². The van der Waals surface area contributed by atoms with Crippen molar-refractivity contribution >= 4 is 56.8 Å². The minimum absolute atomic E-state index is 0.319. The number of hydrogen-bond donors (Lipinski definition) is 2. The highest BCUT2D eigenvalue weighted by molar-refractivity contribution is 8.01. The highest BCUT2D eigenvalue weighted by Gasteiger charge is 2.11. The van der Waals surface area contributed by atoms with Crippen molar-refractivity contribution in [3.63, 3.8) is 0 Å². The Balaban J connectivity index is 1.40. The van der Waals surface area contributed by atoms with Crippen LogP contribution in [0, 0.1) is 0 Å². The average Bonchev–Trinajstić information content (AvgIpc) is 3.14. The van der Waals surface area contributed by atoms with Gasteiger partial charge in [0.05, 0.1) is 5.52 Å². The summed E-state index contributed by atoms with van der Waals surface area (Å²) in [4.78, 5) is 17.4. The summed E-state index contributed by atoms with van der Waals surface area (Å²) in [5, 5.41) is 15.8. The molecule has 2 heterocycles. The van der Waals surface area contributed by atoms with Crippen molar-refractivity contribution < 1.29 is 4.79 Å². The minimum atomic E-state index is -0.319. The molecule has 0 saturated heterocycles. The number of nitrogens with one attached hydrogen (secondary N) is 2. The number of benzene rings is 2. The van der Waals surface area contributed by atoms with Crippen LogP contribution in [-0.4, -0.2) is 21.2 Å². The second kappa shape index (κ2) is 8.55. The molecule has 0 bridgehead atoms. The summed E-state index contributed by atoms with van der Waals surface area (Å²) in [6.45, 7) is 0.443. The Morgan fingerprint density at radius 3 is 2.82 bits per heavy atom. The first kappa shape index (κ1) is 18.7. The van der Waals surface area contributed by atoms with Crippen LogP contribution in [-0.2, 0) is 6.54 Å². The summed E-state index contributed by atoms with van der Waals surface area (Å²) in [5.74, 6) is 0. The number of carbonyl (C=O) groups excluding carboxylic acids is 1. The van der Waals surface area contributed by atoms with Crippen LogP contribution in [0.25, 0.3) is 10.9 Å². The maximum absolute atomic E-state index is 12.0. The van der Waals surface area contributed by atoms with Crippen LogP contribution in [0.5, 0.6) is 0 Å². The molecule has 0 spiro atoms. The van der Waals surface area contributed by atoms with Gasteiger partial charge in [0.25, 0.3) is 0 Å². The van der Waals surface area contributed by atoms with E-state index in [9.17, 15) is 4.79 Å². The fraction of sp³-hybridized carbons (Fsp3) is 0.0526. The van der Waals surface area contributed by atoms with E-state index in [0.717, 1.165) is 25.7 Å². The molecule has 2 aromatic carbocycles. The highest BCUT2D eigenvalue weighted by atomic mass is 35.5. The van der Waals surface area contributed by atoms with Crippen molar-refractivity contribution in [3.8, 4) is 0 Å². The summed E-state index contributed by atoms with van der Waals surface area (Å²) in [6, 6.07) is 16.9. The molecule has 0 saturated carbocycles. The van der Waals surface area contributed by atoms with Gasteiger partial charge in [-0.3, -0.25) is 10.3 Å². The van der Waals surface area contributed by atoms with Crippen LogP contribution < -0.4 is 10.6 Å². The molecular formula is C19H14ClN5OS2. The first-order valence-electron chi connectivity index (χ1n) is 8.32. The molecule has 6 nitrogen and oxygen atoms in total. The number of halogens is 1. The Morgan fingerprint density at radius 1 is 1.11 bits per heavy atom. The van der Waals surface area contributed by atoms with Gasteiger partial charge in [0.15, 0.2) is 4.34 Å². The SMILES string of the molecule is O=C(NCc1ccccc1)Nc1nnc(Sc2ccnc3cc(Cl)ccc23)s1. The van der Waals surface area contributed by atoms with E-state index >= 15 is 0 Å². The molecule has 0 fully saturated rings. The smallest absolute Gasteiger partial charge is 0.321 e. The lowest BCUT2D eigenvalue weighted by molar-refractivity contribution is 0.251. The molecule has 0 aliphatic carbocycles. The number of nitrogens with zero attached hydrogens (tertiary/aromatic N) is 3. The normalized spacial score (nSPS) is 10.8. The molecule has 0 aliphatic heterocycles. The molecule has 0 aliphatic rings. The van der Waals surface area contributed by atoms with Gasteiger partial charge < -0.3 is 5.32 Å². The number of rotatable bonds is 5. The number of aromatic nitrogens is 3. The van der Waals surface area contributed by atoms with Gasteiger partial charge in [0.2, 0.25) is 5.13 Å². The predicted octanol–water partition coefficient (Wildman–Crippen LogP) is 5.21. The van der Waals surface area contributed by atoms with E-state index in [4.69, 9.17) is 11.6 Å². The third-order valence-electron chi connectivity index (χ3n) is 3.78. The van der Waals surface area contributed by atoms with Gasteiger partial charge in [0.1, 0.15) is 0 Å². The van der Waals surface area contributed by atoms with Gasteiger partial charge in [-0.2, -0.15) is 0 Å². The minimum Gasteiger partial charge on any atom is -0.334 e. The quantitative estimate of drug-likeness (QED) is 0.427. The molecule has 4 rings (SSSR count). The van der Waals surface area contributed by atoms with Crippen LogP contribution >= 0.6 is 34.7 Å². The largest absolute Gasteiger partial charge is 0.334 e. The summed E-state index contributed by atoms with van der Waals surface area (Å²) in [5.41, 5.74) is 1.84. The van der Waals surface area contributed by atoms with Crippen LogP contribution in [0.3, 0.4) is 0 Å². The van der Waals surface area contributed by atoms with E-state index in [0.29, 0.717) is 16.7 Å². The molecule has 9 heteroatoms. The zero-order chi connectivity index (χ0) is 19.3. The van der Waals surface area contributed by atoms with Crippen LogP contribution in [0.2, 0.25) is 5.02 Å². The third kappa shape index (κ3) is 4.59. The summed E-state index contributed by atoms with van der Waals surface area (Å²) in [7, 11) is 0. The molecule has 2 aromatic heterocycles. The molecular weight excluding hydrogens is 414 g/mol. The topological polar surface area (TPSA) is 79.8 Å². The first-order chi connectivity index (χ1) is 13.7. The predicted molar refractivity (Wildman–Crippen MR) is 113 cm³/mol. The molecule has 2 N–H and O–H groups in total. The monoisotopic (exact) mass is 427 g/mol. The van der Waals surface area contributed by atoms with E-state index < -0.39 is 0 Å². The lowest BCUT2D eigenvalue weighted by Gasteiger charge is -2.05. The number of urea groups is 1. The average molecular weight is 428 g/mol. The van der Waals surface area contributed by atoms with Gasteiger partial charge in [-0.25, -0.2) is 4.79 Å². The Labute approximate surface area is 174 Å². The van der Waals surface area contributed by atoms with Gasteiger partial charge in [-0.1, -0.05) is 71.1 Å². The number of fused-ring (bicyclic) bond motifs is 1. The fourth-order valence-electron chi connectivity index (χ4n) is 2.50. The molecule has 2 amide bonds. The third-order valence-corrected chi connectivity index (χ3v) is 5.99. The molecule has 0 unspecified atom stereocenters. The maximum atomic E-state index is 12.0. The maximum Gasteiger partial charge on any atom is 0.321 e. The van der Waals surface area contributed by atoms with Crippen LogP contribution in [0.15, 0.2) is 70.0 Å². The fourth-order valence-corrected chi connectivity index (χ4v) is 4.49. The van der Waals surface area contributed by atoms with Crippen LogP contribution in [0.4, 0.5) is 9.93 Å². The van der Waals surface area contributed by atoms with Crippen molar-refractivity contribution in [1.29, 1.82) is 0 Å². The molecule has 0 atom stereocenters. The standard InChI is InChI=1S/C19H14ClN5OS2/c20-13-6-7-14-15(10-13)21-9-8-16(14)27-19-25-24-18(28-19)23-17(26)22-11-12-4-2-1-3-5-12/h1-10H,11H2,(H2,22,23,24,26). The van der Waals surface area contributed by atoms with E-state index in [-0.39, 0.29) is 6.03 Å². The van der Waals surface area contributed by atoms with Crippen molar-refractivity contribution in [1.82, 2.24) is 20.5 Å². The number of carbonyl (C=O) groups is 1. The Bertz CT molecular complexity index is 1120. The Morgan fingerprint density at radius 2 is 1.96 bits per heavy atom. The zero-order valence-electron chi connectivity index (χ0n) is 14.4. The van der Waals surface area contributed by atoms with E-state index in [1.165, 1.54) is 23.1 Å². The summed E-state index contributed by atoms with van der Waals surface area (Å²) < 4.78 is 0.723. The Kier molecular flexibility index (Phi) is 5.70. The molecule has 140 valence electrons. The number of hydrogen-bond acceptors (Lipinski definition) is 6. The summed E-state index contributed by atoms with van der Waals surface area (Å²) in [6.07, 6.45) is 1.73. The summed E-state index contributed by atoms with van der Waals surface area (Å²) >= 11 is 8.82. The van der Waals surface area contributed by atoms with Gasteiger partial charge in [-0.05, 0) is 23.8 Å². The highest BCUT2D eigenvalue weighted by Crippen LogP contribution is 2.36. The second-order valence-corrected chi connectivity index (χ2v) is 8.44. The van der Waals surface area contributed by atoms with E-state index in [2.05, 4.69) is 25.8 Å². The van der Waals surface area contributed by atoms with Gasteiger partial charge in [0, 0.05) is 28.0 Å². The first-order valence-corrected chi connectivity index (χ1v) is 10.3. The van der Waals surface area contributed by atoms with Crippen LogP contribution in [0.1, 0.15) is 5.56 Å². The molecule has 28 heavy (non-hydrogen) atoms. The van der Waals surface area contributed by atoms with E-state index in [1.807, 2.05) is 54.6 Å².